The van der Waals surface area contributed by atoms with Gasteiger partial charge < -0.3 is 19.2 Å². The Kier molecular flexibility index (Phi) is 5.13. The lowest BCUT2D eigenvalue weighted by molar-refractivity contribution is 0.00855. The van der Waals surface area contributed by atoms with Crippen LogP contribution in [0, 0.1) is 5.82 Å². The van der Waals surface area contributed by atoms with Gasteiger partial charge in [0.05, 0.1) is 19.3 Å². The lowest BCUT2D eigenvalue weighted by Gasteiger charge is -2.29. The quantitative estimate of drug-likeness (QED) is 0.892. The van der Waals surface area contributed by atoms with E-state index >= 15 is 0 Å². The van der Waals surface area contributed by atoms with Gasteiger partial charge in [-0.1, -0.05) is 0 Å². The Morgan fingerprint density at radius 3 is 2.88 bits per heavy atom. The van der Waals surface area contributed by atoms with Crippen molar-refractivity contribution < 1.29 is 23.4 Å². The second-order valence-electron chi connectivity index (χ2n) is 6.05. The van der Waals surface area contributed by atoms with Crippen molar-refractivity contribution in [3.8, 4) is 0 Å². The van der Waals surface area contributed by atoms with E-state index in [2.05, 4.69) is 4.90 Å². The number of fused-ring (bicyclic) bond motifs is 1. The molecule has 1 aliphatic heterocycles. The summed E-state index contributed by atoms with van der Waals surface area (Å²) in [5, 5.41) is 10.7. The molecule has 0 saturated carbocycles. The summed E-state index contributed by atoms with van der Waals surface area (Å²) >= 11 is 0. The molecule has 130 valence electrons. The molecule has 2 aromatic rings. The molecule has 0 bridgehead atoms. The number of β-amino-alcohol motifs (C(OH)–C–C–N with tert-alkyl or cyclic N) is 1. The first kappa shape index (κ1) is 16.9. The van der Waals surface area contributed by atoms with E-state index in [0.717, 1.165) is 13.1 Å². The van der Waals surface area contributed by atoms with Crippen LogP contribution in [0.25, 0.3) is 11.0 Å². The zero-order chi connectivity index (χ0) is 17.1. The molecular weight excluding hydrogens is 315 g/mol. The van der Waals surface area contributed by atoms with Crippen molar-refractivity contribution in [3.63, 3.8) is 0 Å². The molecule has 6 nitrogen and oxygen atoms in total. The molecule has 2 heterocycles. The van der Waals surface area contributed by atoms with E-state index in [0.29, 0.717) is 30.7 Å². The van der Waals surface area contributed by atoms with E-state index in [9.17, 15) is 14.3 Å². The monoisotopic (exact) mass is 336 g/mol. The van der Waals surface area contributed by atoms with E-state index < -0.39 is 6.10 Å². The van der Waals surface area contributed by atoms with E-state index in [1.165, 1.54) is 29.2 Å². The average Bonchev–Trinajstić information content (AvgIpc) is 2.97. The Morgan fingerprint density at radius 2 is 2.12 bits per heavy atom. The number of halogens is 1. The Morgan fingerprint density at radius 1 is 1.38 bits per heavy atom. The van der Waals surface area contributed by atoms with Crippen molar-refractivity contribution in [2.45, 2.75) is 6.10 Å². The maximum atomic E-state index is 13.2. The van der Waals surface area contributed by atoms with Gasteiger partial charge in [0.1, 0.15) is 11.4 Å². The number of aliphatic hydroxyl groups is 1. The van der Waals surface area contributed by atoms with E-state index in [-0.39, 0.29) is 24.0 Å². The molecule has 0 aliphatic carbocycles. The summed E-state index contributed by atoms with van der Waals surface area (Å²) in [6.07, 6.45) is -0.654. The lowest BCUT2D eigenvalue weighted by atomic mass is 10.2. The highest BCUT2D eigenvalue weighted by atomic mass is 19.1. The number of carbonyl (C=O) groups excluding carboxylic acids is 1. The molecule has 1 aromatic heterocycles. The van der Waals surface area contributed by atoms with Crippen molar-refractivity contribution >= 4 is 16.9 Å². The third-order valence-corrected chi connectivity index (χ3v) is 4.09. The van der Waals surface area contributed by atoms with Crippen molar-refractivity contribution in [3.05, 3.63) is 35.8 Å². The highest BCUT2D eigenvalue weighted by molar-refractivity contribution is 5.96. The van der Waals surface area contributed by atoms with Crippen LogP contribution in [0.3, 0.4) is 0 Å². The van der Waals surface area contributed by atoms with Gasteiger partial charge in [0.25, 0.3) is 5.91 Å². The van der Waals surface area contributed by atoms with Gasteiger partial charge in [-0.25, -0.2) is 4.39 Å². The molecule has 1 N–H and O–H groups in total. The SMILES string of the molecule is CN(CC(O)CN1CCOCC1)C(=O)c1cc2cc(F)ccc2o1. The standard InChI is InChI=1S/C17H21FN2O4/c1-19(10-14(21)11-20-4-6-23-7-5-20)17(22)16-9-12-8-13(18)2-3-15(12)24-16/h2-3,8-9,14,21H,4-7,10-11H2,1H3. The maximum Gasteiger partial charge on any atom is 0.289 e. The summed E-state index contributed by atoms with van der Waals surface area (Å²) < 4.78 is 24.0. The molecule has 0 radical (unpaired) electrons. The molecule has 1 unspecified atom stereocenters. The Bertz CT molecular complexity index is 712. The number of furan rings is 1. The smallest absolute Gasteiger partial charge is 0.289 e. The third-order valence-electron chi connectivity index (χ3n) is 4.09. The zero-order valence-electron chi connectivity index (χ0n) is 13.6. The van der Waals surface area contributed by atoms with Gasteiger partial charge in [-0.05, 0) is 24.3 Å². The highest BCUT2D eigenvalue weighted by Gasteiger charge is 2.21. The number of carbonyl (C=O) groups is 1. The van der Waals surface area contributed by atoms with Crippen LogP contribution in [0.1, 0.15) is 10.6 Å². The van der Waals surface area contributed by atoms with Crippen LogP contribution in [0.4, 0.5) is 4.39 Å². The van der Waals surface area contributed by atoms with Gasteiger partial charge in [-0.15, -0.1) is 0 Å². The molecule has 0 spiro atoms. The minimum absolute atomic E-state index is 0.136. The summed E-state index contributed by atoms with van der Waals surface area (Å²) in [6.45, 7) is 3.58. The summed E-state index contributed by atoms with van der Waals surface area (Å²) in [4.78, 5) is 15.9. The van der Waals surface area contributed by atoms with Crippen LogP contribution in [0.2, 0.25) is 0 Å². The molecule has 1 aromatic carbocycles. The van der Waals surface area contributed by atoms with Crippen LogP contribution in [0.5, 0.6) is 0 Å². The topological polar surface area (TPSA) is 66.2 Å². The predicted molar refractivity (Wildman–Crippen MR) is 86.4 cm³/mol. The average molecular weight is 336 g/mol. The molecule has 1 fully saturated rings. The van der Waals surface area contributed by atoms with Gasteiger partial charge in [0.2, 0.25) is 0 Å². The molecule has 1 atom stereocenters. The largest absolute Gasteiger partial charge is 0.451 e. The number of hydrogen-bond acceptors (Lipinski definition) is 5. The van der Waals surface area contributed by atoms with Gasteiger partial charge in [0.15, 0.2) is 5.76 Å². The Labute approximate surface area is 139 Å². The number of likely N-dealkylation sites (N-methyl/N-ethyl adjacent to an activating group) is 1. The molecule has 1 amide bonds. The highest BCUT2D eigenvalue weighted by Crippen LogP contribution is 2.21. The van der Waals surface area contributed by atoms with E-state index in [1.54, 1.807) is 7.05 Å². The van der Waals surface area contributed by atoms with Gasteiger partial charge in [0, 0.05) is 38.6 Å². The summed E-state index contributed by atoms with van der Waals surface area (Å²) in [7, 11) is 1.61. The molecular formula is C17H21FN2O4. The van der Waals surface area contributed by atoms with Crippen molar-refractivity contribution in [1.82, 2.24) is 9.80 Å². The van der Waals surface area contributed by atoms with Crippen molar-refractivity contribution in [1.29, 1.82) is 0 Å². The second kappa shape index (κ2) is 7.29. The number of nitrogens with zero attached hydrogens (tertiary/aromatic N) is 2. The van der Waals surface area contributed by atoms with Crippen LogP contribution < -0.4 is 0 Å². The van der Waals surface area contributed by atoms with Crippen LogP contribution in [-0.4, -0.2) is 73.4 Å². The van der Waals surface area contributed by atoms with Gasteiger partial charge in [-0.3, -0.25) is 9.69 Å². The second-order valence-corrected chi connectivity index (χ2v) is 6.05. The Hall–Kier alpha value is -1.96. The van der Waals surface area contributed by atoms with Gasteiger partial charge >= 0.3 is 0 Å². The third kappa shape index (κ3) is 3.92. The molecule has 24 heavy (non-hydrogen) atoms. The first-order valence-electron chi connectivity index (χ1n) is 7.95. The number of benzene rings is 1. The first-order chi connectivity index (χ1) is 11.5. The minimum Gasteiger partial charge on any atom is -0.451 e. The van der Waals surface area contributed by atoms with Crippen LogP contribution in [0.15, 0.2) is 28.7 Å². The van der Waals surface area contributed by atoms with E-state index in [4.69, 9.17) is 9.15 Å². The first-order valence-corrected chi connectivity index (χ1v) is 7.95. The molecule has 3 rings (SSSR count). The van der Waals surface area contributed by atoms with Crippen LogP contribution >= 0.6 is 0 Å². The van der Waals surface area contributed by atoms with E-state index in [1.807, 2.05) is 0 Å². The number of ether oxygens (including phenoxy) is 1. The number of hydrogen-bond donors (Lipinski definition) is 1. The van der Waals surface area contributed by atoms with Crippen LogP contribution in [-0.2, 0) is 4.74 Å². The summed E-state index contributed by atoms with van der Waals surface area (Å²) in [5.41, 5.74) is 0.460. The fraction of sp³-hybridized carbons (Fsp3) is 0.471. The van der Waals surface area contributed by atoms with Crippen molar-refractivity contribution in [2.24, 2.45) is 0 Å². The molecule has 1 aliphatic rings. The maximum absolute atomic E-state index is 13.2. The summed E-state index contributed by atoms with van der Waals surface area (Å²) in [6, 6.07) is 5.62. The zero-order valence-corrected chi connectivity index (χ0v) is 13.6. The normalized spacial score (nSPS) is 17.1. The van der Waals surface area contributed by atoms with Crippen molar-refractivity contribution in [2.75, 3.05) is 46.4 Å². The number of amides is 1. The minimum atomic E-state index is -0.654. The number of rotatable bonds is 5. The summed E-state index contributed by atoms with van der Waals surface area (Å²) in [5.74, 6) is -0.583. The Balaban J connectivity index is 1.60. The number of morpholine rings is 1. The van der Waals surface area contributed by atoms with Gasteiger partial charge in [-0.2, -0.15) is 0 Å². The number of aliphatic hydroxyl groups excluding tert-OH is 1. The molecule has 1 saturated heterocycles. The molecule has 7 heteroatoms. The fourth-order valence-electron chi connectivity index (χ4n) is 2.85. The predicted octanol–water partition coefficient (Wildman–Crippen LogP) is 1.34. The fourth-order valence-corrected chi connectivity index (χ4v) is 2.85. The lowest BCUT2D eigenvalue weighted by Crippen LogP contribution is -2.45.